The van der Waals surface area contributed by atoms with Gasteiger partial charge in [-0.15, -0.1) is 12.4 Å². The van der Waals surface area contributed by atoms with Crippen molar-refractivity contribution in [2.45, 2.75) is 25.8 Å². The molecule has 0 atom stereocenters. The molecule has 0 unspecified atom stereocenters. The van der Waals surface area contributed by atoms with E-state index in [4.69, 9.17) is 0 Å². The van der Waals surface area contributed by atoms with Crippen LogP contribution in [0.3, 0.4) is 0 Å². The predicted molar refractivity (Wildman–Crippen MR) is 113 cm³/mol. The predicted octanol–water partition coefficient (Wildman–Crippen LogP) is 2.50. The number of rotatable bonds is 4. The number of hydrogen-bond donors (Lipinski definition) is 3. The molecule has 1 aliphatic heterocycles. The number of carbonyl (C=O) groups is 1. The van der Waals surface area contributed by atoms with Crippen molar-refractivity contribution in [1.82, 2.24) is 9.78 Å². The quantitative estimate of drug-likeness (QED) is 0.627. The first-order chi connectivity index (χ1) is 13.1. The van der Waals surface area contributed by atoms with Crippen LogP contribution in [0.2, 0.25) is 0 Å². The molecule has 3 N–H and O–H groups in total. The summed E-state index contributed by atoms with van der Waals surface area (Å²) in [6, 6.07) is 12.5. The summed E-state index contributed by atoms with van der Waals surface area (Å²) in [6.07, 6.45) is 2.14. The lowest BCUT2D eigenvalue weighted by atomic mass is 10.0. The normalized spacial score (nSPS) is 12.6. The Morgan fingerprint density at radius 1 is 1.11 bits per heavy atom. The summed E-state index contributed by atoms with van der Waals surface area (Å²) in [5.74, 6) is -0.209. The molecule has 3 aromatic rings. The molecule has 0 fully saturated rings. The number of H-pyrrole nitrogens is 1. The fraction of sp³-hybridized carbons (Fsp3) is 0.250. The van der Waals surface area contributed by atoms with Crippen LogP contribution in [0.5, 0.6) is 0 Å². The maximum absolute atomic E-state index is 12.5. The Labute approximate surface area is 167 Å². The summed E-state index contributed by atoms with van der Waals surface area (Å²) < 4.78 is 1.20. The van der Waals surface area contributed by atoms with Crippen molar-refractivity contribution in [3.63, 3.8) is 0 Å². The van der Waals surface area contributed by atoms with Gasteiger partial charge in [-0.25, -0.2) is 4.68 Å². The van der Waals surface area contributed by atoms with Crippen molar-refractivity contribution in [3.05, 3.63) is 68.7 Å². The Hall–Kier alpha value is -3.06. The van der Waals surface area contributed by atoms with E-state index in [1.807, 2.05) is 18.2 Å². The largest absolute Gasteiger partial charge is 0.385 e. The van der Waals surface area contributed by atoms with Crippen LogP contribution in [0.25, 0.3) is 10.8 Å². The summed E-state index contributed by atoms with van der Waals surface area (Å²) in [7, 11) is 0. The molecule has 0 saturated carbocycles. The molecule has 4 rings (SSSR count). The Balaban J connectivity index is 0.00000225. The zero-order valence-corrected chi connectivity index (χ0v) is 16.0. The molecule has 0 aliphatic carbocycles. The summed E-state index contributed by atoms with van der Waals surface area (Å²) in [5.41, 5.74) is 2.39. The number of halogens is 1. The smallest absolute Gasteiger partial charge is 0.273 e. The number of nitrogens with zero attached hydrogens (tertiary/aromatic N) is 1. The van der Waals surface area contributed by atoms with Crippen LogP contribution in [-0.2, 0) is 17.8 Å². The molecule has 2 heterocycles. The highest BCUT2D eigenvalue weighted by Gasteiger charge is 2.11. The molecule has 8 heteroatoms. The van der Waals surface area contributed by atoms with Gasteiger partial charge in [0.2, 0.25) is 5.91 Å². The van der Waals surface area contributed by atoms with E-state index in [2.05, 4.69) is 15.7 Å². The van der Waals surface area contributed by atoms with Crippen molar-refractivity contribution in [3.8, 4) is 0 Å². The molecule has 7 nitrogen and oxygen atoms in total. The Kier molecular flexibility index (Phi) is 5.84. The lowest BCUT2D eigenvalue weighted by molar-refractivity contribution is -0.116. The van der Waals surface area contributed by atoms with Gasteiger partial charge >= 0.3 is 0 Å². The maximum Gasteiger partial charge on any atom is 0.273 e. The SMILES string of the molecule is Cl.O=C(CCn1[nH]c(=O)c2ccccc2c1=O)Nc1ccc2c(c1)CCCN2. The second kappa shape index (κ2) is 8.31. The first kappa shape index (κ1) is 19.7. The Bertz CT molecular complexity index is 1140. The second-order valence-corrected chi connectivity index (χ2v) is 6.64. The van der Waals surface area contributed by atoms with Crippen LogP contribution in [-0.4, -0.2) is 22.2 Å². The van der Waals surface area contributed by atoms with Crippen LogP contribution in [0, 0.1) is 0 Å². The number of carbonyl (C=O) groups excluding carboxylic acids is 1. The topological polar surface area (TPSA) is 96.0 Å². The molecular weight excluding hydrogens is 380 g/mol. The first-order valence-corrected chi connectivity index (χ1v) is 9.00. The van der Waals surface area contributed by atoms with Crippen molar-refractivity contribution < 1.29 is 4.79 Å². The van der Waals surface area contributed by atoms with E-state index in [0.717, 1.165) is 30.8 Å². The lowest BCUT2D eigenvalue weighted by Gasteiger charge is -2.18. The zero-order chi connectivity index (χ0) is 18.8. The summed E-state index contributed by atoms with van der Waals surface area (Å²) in [6.45, 7) is 1.08. The van der Waals surface area contributed by atoms with Gasteiger partial charge in [0, 0.05) is 24.3 Å². The highest BCUT2D eigenvalue weighted by Crippen LogP contribution is 2.25. The Morgan fingerprint density at radius 3 is 2.71 bits per heavy atom. The van der Waals surface area contributed by atoms with Crippen LogP contribution in [0.1, 0.15) is 18.4 Å². The minimum atomic E-state index is -0.340. The number of amides is 1. The number of nitrogens with one attached hydrogen (secondary N) is 3. The first-order valence-electron chi connectivity index (χ1n) is 9.00. The number of aromatic amines is 1. The molecule has 146 valence electrons. The van der Waals surface area contributed by atoms with Crippen LogP contribution < -0.4 is 21.8 Å². The maximum atomic E-state index is 12.5. The van der Waals surface area contributed by atoms with E-state index in [0.29, 0.717) is 10.8 Å². The summed E-state index contributed by atoms with van der Waals surface area (Å²) in [4.78, 5) is 36.8. The molecule has 1 amide bonds. The number of fused-ring (bicyclic) bond motifs is 2. The van der Waals surface area contributed by atoms with Crippen molar-refractivity contribution in [2.24, 2.45) is 0 Å². The average molecular weight is 401 g/mol. The Morgan fingerprint density at radius 2 is 1.89 bits per heavy atom. The van der Waals surface area contributed by atoms with E-state index < -0.39 is 0 Å². The van der Waals surface area contributed by atoms with Gasteiger partial charge in [-0.3, -0.25) is 19.5 Å². The fourth-order valence-corrected chi connectivity index (χ4v) is 3.39. The van der Waals surface area contributed by atoms with Crippen LogP contribution in [0.15, 0.2) is 52.1 Å². The van der Waals surface area contributed by atoms with Crippen molar-refractivity contribution in [2.75, 3.05) is 17.2 Å². The average Bonchev–Trinajstić information content (AvgIpc) is 2.69. The minimum absolute atomic E-state index is 0. The lowest BCUT2D eigenvalue weighted by Crippen LogP contribution is -2.31. The van der Waals surface area contributed by atoms with E-state index in [-0.39, 0.29) is 42.4 Å². The van der Waals surface area contributed by atoms with Gasteiger partial charge in [-0.05, 0) is 48.7 Å². The van der Waals surface area contributed by atoms with Gasteiger partial charge < -0.3 is 10.6 Å². The van der Waals surface area contributed by atoms with E-state index >= 15 is 0 Å². The van der Waals surface area contributed by atoms with Crippen molar-refractivity contribution in [1.29, 1.82) is 0 Å². The van der Waals surface area contributed by atoms with Crippen molar-refractivity contribution >= 4 is 40.5 Å². The van der Waals surface area contributed by atoms with Gasteiger partial charge in [0.25, 0.3) is 11.1 Å². The number of benzene rings is 2. The third-order valence-corrected chi connectivity index (χ3v) is 4.77. The van der Waals surface area contributed by atoms with Crippen LogP contribution in [0.4, 0.5) is 11.4 Å². The molecule has 0 saturated heterocycles. The molecule has 0 spiro atoms. The number of hydrogen-bond acceptors (Lipinski definition) is 4. The van der Waals surface area contributed by atoms with Gasteiger partial charge in [0.15, 0.2) is 0 Å². The number of anilines is 2. The number of aryl methyl sites for hydroxylation is 2. The monoisotopic (exact) mass is 400 g/mol. The highest BCUT2D eigenvalue weighted by molar-refractivity contribution is 5.91. The van der Waals surface area contributed by atoms with E-state index in [1.54, 1.807) is 24.3 Å². The fourth-order valence-electron chi connectivity index (χ4n) is 3.39. The molecule has 0 bridgehead atoms. The zero-order valence-electron chi connectivity index (χ0n) is 15.2. The van der Waals surface area contributed by atoms with E-state index in [9.17, 15) is 14.4 Å². The van der Waals surface area contributed by atoms with E-state index in [1.165, 1.54) is 10.2 Å². The van der Waals surface area contributed by atoms with Gasteiger partial charge in [-0.1, -0.05) is 12.1 Å². The molecule has 0 radical (unpaired) electrons. The van der Waals surface area contributed by atoms with Gasteiger partial charge in [0.05, 0.1) is 17.3 Å². The standard InChI is InChI=1S/C20H20N4O3.ClH/c25-18(22-14-7-8-17-13(12-14)4-3-10-21-17)9-11-24-20(27)16-6-2-1-5-15(16)19(26)23-24;/h1-2,5-8,12,21H,3-4,9-11H2,(H,22,25)(H,23,26);1H. The molecular formula is C20H21ClN4O3. The third-order valence-electron chi connectivity index (χ3n) is 4.77. The molecule has 28 heavy (non-hydrogen) atoms. The number of aromatic nitrogens is 2. The summed E-state index contributed by atoms with van der Waals surface area (Å²) in [5, 5.41) is 9.43. The molecule has 1 aliphatic rings. The molecule has 2 aromatic carbocycles. The molecule has 1 aromatic heterocycles. The van der Waals surface area contributed by atoms with Gasteiger partial charge in [0.1, 0.15) is 0 Å². The van der Waals surface area contributed by atoms with Crippen LogP contribution >= 0.6 is 12.4 Å². The minimum Gasteiger partial charge on any atom is -0.385 e. The summed E-state index contributed by atoms with van der Waals surface area (Å²) >= 11 is 0. The second-order valence-electron chi connectivity index (χ2n) is 6.64. The van der Waals surface area contributed by atoms with Gasteiger partial charge in [-0.2, -0.15) is 0 Å². The highest BCUT2D eigenvalue weighted by atomic mass is 35.5. The third kappa shape index (κ3) is 3.94.